The molecule has 0 spiro atoms. The lowest BCUT2D eigenvalue weighted by atomic mass is 10.4. The van der Waals surface area contributed by atoms with Crippen molar-refractivity contribution in [2.24, 2.45) is 5.73 Å². The van der Waals surface area contributed by atoms with Crippen LogP contribution in [-0.2, 0) is 4.74 Å². The number of nitrogens with two attached hydrogens (primary N) is 1. The summed E-state index contributed by atoms with van der Waals surface area (Å²) in [6, 6.07) is 8.51. The highest BCUT2D eigenvalue weighted by atomic mass is 32.2. The van der Waals surface area contributed by atoms with Crippen molar-refractivity contribution in [3.8, 4) is 0 Å². The molecule has 1 atom stereocenters. The Bertz CT molecular complexity index is 370. The molecule has 0 aliphatic rings. The lowest BCUT2D eigenvalue weighted by molar-refractivity contribution is -0.195. The van der Waals surface area contributed by atoms with Gasteiger partial charge >= 0.3 is 12.3 Å². The van der Waals surface area contributed by atoms with Gasteiger partial charge in [-0.25, -0.2) is 4.79 Å². The third-order valence-electron chi connectivity index (χ3n) is 1.77. The maximum atomic E-state index is 12.4. The number of hydrogen-bond donors (Lipinski definition) is 1. The quantitative estimate of drug-likeness (QED) is 0.852. The van der Waals surface area contributed by atoms with E-state index in [2.05, 4.69) is 10.5 Å². The van der Waals surface area contributed by atoms with Crippen molar-refractivity contribution in [2.75, 3.05) is 5.75 Å². The summed E-state index contributed by atoms with van der Waals surface area (Å²) < 4.78 is 41.3. The van der Waals surface area contributed by atoms with Gasteiger partial charge in [-0.05, 0) is 12.1 Å². The molecule has 17 heavy (non-hydrogen) atoms. The van der Waals surface area contributed by atoms with E-state index >= 15 is 0 Å². The van der Waals surface area contributed by atoms with Crippen LogP contribution in [0, 0.1) is 0 Å². The minimum atomic E-state index is -4.61. The Morgan fingerprint density at radius 2 is 1.94 bits per heavy atom. The fraction of sp³-hybridized carbons (Fsp3) is 0.300. The largest absolute Gasteiger partial charge is 0.436 e. The Morgan fingerprint density at radius 3 is 2.41 bits per heavy atom. The summed E-state index contributed by atoms with van der Waals surface area (Å²) in [6.07, 6.45) is -8.23. The summed E-state index contributed by atoms with van der Waals surface area (Å²) in [5, 5.41) is 0. The average molecular weight is 265 g/mol. The highest BCUT2D eigenvalue weighted by Crippen LogP contribution is 2.28. The third-order valence-corrected chi connectivity index (χ3v) is 2.84. The van der Waals surface area contributed by atoms with Crippen molar-refractivity contribution in [3.63, 3.8) is 0 Å². The second kappa shape index (κ2) is 5.81. The monoisotopic (exact) mass is 265 g/mol. The van der Waals surface area contributed by atoms with Crippen molar-refractivity contribution in [1.82, 2.24) is 0 Å². The lowest BCUT2D eigenvalue weighted by Gasteiger charge is -2.19. The number of ether oxygens (including phenoxy) is 1. The Labute approximate surface area is 100 Å². The number of carbonyl (C=O) groups is 1. The van der Waals surface area contributed by atoms with E-state index in [9.17, 15) is 18.0 Å². The number of alkyl halides is 3. The summed E-state index contributed by atoms with van der Waals surface area (Å²) in [6.45, 7) is 0. The highest BCUT2D eigenvalue weighted by Gasteiger charge is 2.42. The van der Waals surface area contributed by atoms with E-state index in [-0.39, 0.29) is 0 Å². The molecule has 0 saturated carbocycles. The number of primary amides is 1. The Morgan fingerprint density at radius 1 is 1.35 bits per heavy atom. The summed E-state index contributed by atoms with van der Waals surface area (Å²) in [4.78, 5) is 11.0. The van der Waals surface area contributed by atoms with Gasteiger partial charge in [-0.2, -0.15) is 13.2 Å². The molecule has 0 radical (unpaired) electrons. The van der Waals surface area contributed by atoms with Gasteiger partial charge in [-0.3, -0.25) is 0 Å². The first-order valence-corrected chi connectivity index (χ1v) is 5.59. The zero-order valence-corrected chi connectivity index (χ0v) is 9.42. The van der Waals surface area contributed by atoms with Crippen molar-refractivity contribution in [1.29, 1.82) is 0 Å². The minimum Gasteiger partial charge on any atom is -0.436 e. The van der Waals surface area contributed by atoms with Gasteiger partial charge in [-0.1, -0.05) is 18.2 Å². The van der Waals surface area contributed by atoms with Crippen LogP contribution in [0.2, 0.25) is 0 Å². The smallest absolute Gasteiger partial charge is 0.426 e. The standard InChI is InChI=1S/C10H10F3NO2S/c11-10(12,13)8(16-9(14)15)6-17-7-4-2-1-3-5-7/h1-5,8H,6H2,(H2,14,15). The molecular formula is C10H10F3NO2S. The predicted octanol–water partition coefficient (Wildman–Crippen LogP) is 2.80. The minimum absolute atomic E-state index is 0.420. The van der Waals surface area contributed by atoms with Crippen molar-refractivity contribution in [3.05, 3.63) is 30.3 Å². The number of thioether (sulfide) groups is 1. The normalized spacial score (nSPS) is 13.1. The van der Waals surface area contributed by atoms with Gasteiger partial charge in [-0.15, -0.1) is 11.8 Å². The van der Waals surface area contributed by atoms with Crippen LogP contribution in [-0.4, -0.2) is 24.1 Å². The van der Waals surface area contributed by atoms with E-state index in [1.165, 1.54) is 0 Å². The fourth-order valence-corrected chi connectivity index (χ4v) is 1.97. The molecule has 0 bridgehead atoms. The van der Waals surface area contributed by atoms with Crippen molar-refractivity contribution in [2.45, 2.75) is 17.2 Å². The van der Waals surface area contributed by atoms with Crippen LogP contribution >= 0.6 is 11.8 Å². The van der Waals surface area contributed by atoms with Crippen LogP contribution in [0.15, 0.2) is 35.2 Å². The van der Waals surface area contributed by atoms with Crippen LogP contribution in [0.1, 0.15) is 0 Å². The summed E-state index contributed by atoms with van der Waals surface area (Å²) in [5.41, 5.74) is 4.59. The van der Waals surface area contributed by atoms with E-state index < -0.39 is 24.1 Å². The predicted molar refractivity (Wildman–Crippen MR) is 57.7 cm³/mol. The molecule has 0 saturated heterocycles. The lowest BCUT2D eigenvalue weighted by Crippen LogP contribution is -2.37. The van der Waals surface area contributed by atoms with E-state index in [0.717, 1.165) is 11.8 Å². The van der Waals surface area contributed by atoms with E-state index in [0.29, 0.717) is 4.90 Å². The maximum absolute atomic E-state index is 12.4. The Kier molecular flexibility index (Phi) is 4.68. The van der Waals surface area contributed by atoms with E-state index in [4.69, 9.17) is 0 Å². The van der Waals surface area contributed by atoms with Crippen molar-refractivity contribution < 1.29 is 22.7 Å². The van der Waals surface area contributed by atoms with Crippen LogP contribution in [0.3, 0.4) is 0 Å². The molecule has 94 valence electrons. The Hall–Kier alpha value is -1.37. The number of halogens is 3. The first-order valence-electron chi connectivity index (χ1n) is 4.60. The number of rotatable bonds is 4. The maximum Gasteiger partial charge on any atom is 0.426 e. The zero-order valence-electron chi connectivity index (χ0n) is 8.61. The topological polar surface area (TPSA) is 52.3 Å². The summed E-state index contributed by atoms with van der Waals surface area (Å²) in [5.74, 6) is -0.420. The van der Waals surface area contributed by atoms with E-state index in [1.54, 1.807) is 30.3 Å². The first kappa shape index (κ1) is 13.7. The molecule has 2 N–H and O–H groups in total. The molecule has 3 nitrogen and oxygen atoms in total. The van der Waals surface area contributed by atoms with Gasteiger partial charge in [0.25, 0.3) is 0 Å². The van der Waals surface area contributed by atoms with Crippen LogP contribution < -0.4 is 5.73 Å². The van der Waals surface area contributed by atoms with Crippen LogP contribution in [0.5, 0.6) is 0 Å². The van der Waals surface area contributed by atoms with Gasteiger partial charge in [0, 0.05) is 10.6 Å². The highest BCUT2D eigenvalue weighted by molar-refractivity contribution is 7.99. The van der Waals surface area contributed by atoms with Crippen molar-refractivity contribution >= 4 is 17.9 Å². The molecule has 7 heteroatoms. The average Bonchev–Trinajstić information content (AvgIpc) is 2.23. The summed E-state index contributed by atoms with van der Waals surface area (Å²) in [7, 11) is 0. The third kappa shape index (κ3) is 4.99. The molecule has 0 heterocycles. The fourth-order valence-electron chi connectivity index (χ4n) is 1.02. The van der Waals surface area contributed by atoms with Gasteiger partial charge in [0.05, 0.1) is 0 Å². The van der Waals surface area contributed by atoms with Gasteiger partial charge in [0.2, 0.25) is 6.10 Å². The van der Waals surface area contributed by atoms with Gasteiger partial charge in [0.1, 0.15) is 0 Å². The van der Waals surface area contributed by atoms with Crippen LogP contribution in [0.25, 0.3) is 0 Å². The first-order chi connectivity index (χ1) is 7.89. The molecule has 0 aromatic heterocycles. The van der Waals surface area contributed by atoms with Gasteiger partial charge in [0.15, 0.2) is 0 Å². The molecule has 1 aromatic carbocycles. The molecule has 1 aromatic rings. The Balaban J connectivity index is 2.59. The number of benzene rings is 1. The second-order valence-electron chi connectivity index (χ2n) is 3.09. The number of amides is 1. The molecular weight excluding hydrogens is 255 g/mol. The summed E-state index contributed by atoms with van der Waals surface area (Å²) >= 11 is 0.945. The molecule has 0 aliphatic heterocycles. The SMILES string of the molecule is NC(=O)OC(CSc1ccccc1)C(F)(F)F. The van der Waals surface area contributed by atoms with Crippen LogP contribution in [0.4, 0.5) is 18.0 Å². The molecule has 1 amide bonds. The molecule has 0 aliphatic carbocycles. The second-order valence-corrected chi connectivity index (χ2v) is 4.18. The van der Waals surface area contributed by atoms with E-state index in [1.807, 2.05) is 0 Å². The molecule has 0 fully saturated rings. The van der Waals surface area contributed by atoms with Gasteiger partial charge < -0.3 is 10.5 Å². The zero-order chi connectivity index (χ0) is 12.9. The molecule has 1 unspecified atom stereocenters. The number of hydrogen-bond acceptors (Lipinski definition) is 3. The molecule has 1 rings (SSSR count). The number of carbonyl (C=O) groups excluding carboxylic acids is 1.